The zero-order valence-electron chi connectivity index (χ0n) is 10.9. The Balaban J connectivity index is 2.03. The standard InChI is InChI=1S/C11H19N7O/c1-7(10(19)18-4-2-3-5-18)14-8-6-9(17-13)16-11(12)15-8/h6-7H,2-5,13H2,1H3,(H4,12,14,15,16,17). The van der Waals surface area contributed by atoms with Gasteiger partial charge in [-0.2, -0.15) is 9.97 Å². The number of nitrogens with zero attached hydrogens (tertiary/aromatic N) is 3. The molecule has 1 aromatic heterocycles. The summed E-state index contributed by atoms with van der Waals surface area (Å²) in [6, 6.07) is 1.24. The molecule has 8 nitrogen and oxygen atoms in total. The molecule has 1 fully saturated rings. The molecule has 6 N–H and O–H groups in total. The lowest BCUT2D eigenvalue weighted by atomic mass is 10.3. The average Bonchev–Trinajstić information content (AvgIpc) is 2.90. The van der Waals surface area contributed by atoms with E-state index in [0.29, 0.717) is 11.6 Å². The first-order valence-corrected chi connectivity index (χ1v) is 6.26. The Bertz CT molecular complexity index is 458. The van der Waals surface area contributed by atoms with Crippen LogP contribution in [0, 0.1) is 0 Å². The molecular weight excluding hydrogens is 246 g/mol. The molecule has 2 heterocycles. The van der Waals surface area contributed by atoms with Crippen molar-refractivity contribution in [3.63, 3.8) is 0 Å². The zero-order chi connectivity index (χ0) is 13.8. The Hall–Kier alpha value is -2.09. The molecule has 0 spiro atoms. The summed E-state index contributed by atoms with van der Waals surface area (Å²) in [5, 5.41) is 3.02. The number of aromatic nitrogens is 2. The molecule has 1 aromatic rings. The van der Waals surface area contributed by atoms with Gasteiger partial charge in [-0.05, 0) is 19.8 Å². The minimum Gasteiger partial charge on any atom is -0.368 e. The lowest BCUT2D eigenvalue weighted by Gasteiger charge is -2.21. The molecule has 0 aromatic carbocycles. The first kappa shape index (κ1) is 13.3. The summed E-state index contributed by atoms with van der Waals surface area (Å²) in [6.07, 6.45) is 2.14. The fourth-order valence-corrected chi connectivity index (χ4v) is 2.11. The van der Waals surface area contributed by atoms with Gasteiger partial charge in [0.15, 0.2) is 0 Å². The summed E-state index contributed by atoms with van der Waals surface area (Å²) < 4.78 is 0. The molecule has 1 aliphatic rings. The summed E-state index contributed by atoms with van der Waals surface area (Å²) in [7, 11) is 0. The molecule has 1 aliphatic heterocycles. The number of rotatable bonds is 4. The van der Waals surface area contributed by atoms with E-state index in [9.17, 15) is 4.79 Å². The van der Waals surface area contributed by atoms with Crippen LogP contribution < -0.4 is 22.3 Å². The fraction of sp³-hybridized carbons (Fsp3) is 0.545. The maximum Gasteiger partial charge on any atom is 0.244 e. The molecule has 1 unspecified atom stereocenters. The van der Waals surface area contributed by atoms with Gasteiger partial charge < -0.3 is 21.4 Å². The Morgan fingerprint density at radius 1 is 1.37 bits per heavy atom. The number of hydrogen-bond donors (Lipinski definition) is 4. The van der Waals surface area contributed by atoms with Gasteiger partial charge in [-0.25, -0.2) is 5.84 Å². The minimum atomic E-state index is -0.363. The third kappa shape index (κ3) is 3.22. The number of hydrogen-bond acceptors (Lipinski definition) is 7. The molecule has 0 radical (unpaired) electrons. The van der Waals surface area contributed by atoms with Crippen molar-refractivity contribution in [3.8, 4) is 0 Å². The van der Waals surface area contributed by atoms with E-state index in [4.69, 9.17) is 11.6 Å². The highest BCUT2D eigenvalue weighted by atomic mass is 16.2. The normalized spacial score (nSPS) is 16.2. The molecular formula is C11H19N7O. The van der Waals surface area contributed by atoms with Gasteiger partial charge >= 0.3 is 0 Å². The molecule has 1 saturated heterocycles. The zero-order valence-corrected chi connectivity index (χ0v) is 10.9. The third-order valence-electron chi connectivity index (χ3n) is 3.04. The van der Waals surface area contributed by atoms with Gasteiger partial charge in [0.1, 0.15) is 17.7 Å². The Kier molecular flexibility index (Phi) is 4.00. The predicted octanol–water partition coefficient (Wildman–Crippen LogP) is -0.233. The van der Waals surface area contributed by atoms with E-state index >= 15 is 0 Å². The van der Waals surface area contributed by atoms with Crippen molar-refractivity contribution >= 4 is 23.5 Å². The summed E-state index contributed by atoms with van der Waals surface area (Å²) in [4.78, 5) is 21.9. The second-order valence-electron chi connectivity index (χ2n) is 4.54. The maximum atomic E-state index is 12.1. The van der Waals surface area contributed by atoms with Crippen LogP contribution in [0.15, 0.2) is 6.07 Å². The lowest BCUT2D eigenvalue weighted by Crippen LogP contribution is -2.39. The highest BCUT2D eigenvalue weighted by Gasteiger charge is 2.23. The summed E-state index contributed by atoms with van der Waals surface area (Å²) in [5.41, 5.74) is 7.96. The van der Waals surface area contributed by atoms with Crippen molar-refractivity contribution in [1.82, 2.24) is 14.9 Å². The number of likely N-dealkylation sites (tertiary alicyclic amines) is 1. The number of hydrazine groups is 1. The topological polar surface area (TPSA) is 122 Å². The molecule has 0 saturated carbocycles. The third-order valence-corrected chi connectivity index (χ3v) is 3.04. The maximum absolute atomic E-state index is 12.1. The summed E-state index contributed by atoms with van der Waals surface area (Å²) in [5.74, 6) is 6.31. The molecule has 19 heavy (non-hydrogen) atoms. The monoisotopic (exact) mass is 265 g/mol. The van der Waals surface area contributed by atoms with Crippen molar-refractivity contribution in [2.45, 2.75) is 25.8 Å². The van der Waals surface area contributed by atoms with Gasteiger partial charge in [0.05, 0.1) is 0 Å². The van der Waals surface area contributed by atoms with Crippen LogP contribution in [-0.4, -0.2) is 39.9 Å². The molecule has 1 amide bonds. The minimum absolute atomic E-state index is 0.0666. The van der Waals surface area contributed by atoms with E-state index in [0.717, 1.165) is 25.9 Å². The van der Waals surface area contributed by atoms with Crippen LogP contribution in [0.3, 0.4) is 0 Å². The molecule has 0 aliphatic carbocycles. The number of amides is 1. The molecule has 1 atom stereocenters. The highest BCUT2D eigenvalue weighted by Crippen LogP contribution is 2.14. The van der Waals surface area contributed by atoms with Gasteiger partial charge in [0, 0.05) is 19.2 Å². The van der Waals surface area contributed by atoms with E-state index in [1.54, 1.807) is 13.0 Å². The van der Waals surface area contributed by atoms with Gasteiger partial charge in [0.2, 0.25) is 11.9 Å². The van der Waals surface area contributed by atoms with Crippen molar-refractivity contribution in [3.05, 3.63) is 6.07 Å². The van der Waals surface area contributed by atoms with Crippen LogP contribution in [0.5, 0.6) is 0 Å². The predicted molar refractivity (Wildman–Crippen MR) is 73.2 cm³/mol. The van der Waals surface area contributed by atoms with Gasteiger partial charge in [-0.1, -0.05) is 0 Å². The number of nitrogen functional groups attached to an aromatic ring is 2. The Morgan fingerprint density at radius 2 is 2.00 bits per heavy atom. The number of carbonyl (C=O) groups excluding carboxylic acids is 1. The van der Waals surface area contributed by atoms with Crippen LogP contribution in [-0.2, 0) is 4.79 Å². The largest absolute Gasteiger partial charge is 0.368 e. The van der Waals surface area contributed by atoms with Gasteiger partial charge in [0.25, 0.3) is 0 Å². The summed E-state index contributed by atoms with van der Waals surface area (Å²) in [6.45, 7) is 3.45. The number of carbonyl (C=O) groups is 1. The quantitative estimate of drug-likeness (QED) is 0.438. The molecule has 0 bridgehead atoms. The van der Waals surface area contributed by atoms with E-state index in [1.807, 2.05) is 4.90 Å². The lowest BCUT2D eigenvalue weighted by molar-refractivity contribution is -0.130. The van der Waals surface area contributed by atoms with Gasteiger partial charge in [-0.15, -0.1) is 0 Å². The average molecular weight is 265 g/mol. The Labute approximate surface area is 111 Å². The van der Waals surface area contributed by atoms with E-state index in [1.165, 1.54) is 0 Å². The second-order valence-corrected chi connectivity index (χ2v) is 4.54. The van der Waals surface area contributed by atoms with Crippen molar-refractivity contribution in [2.75, 3.05) is 29.6 Å². The molecule has 104 valence electrons. The molecule has 2 rings (SSSR count). The van der Waals surface area contributed by atoms with Gasteiger partial charge in [-0.3, -0.25) is 4.79 Å². The van der Waals surface area contributed by atoms with Crippen molar-refractivity contribution in [2.24, 2.45) is 5.84 Å². The Morgan fingerprint density at radius 3 is 2.63 bits per heavy atom. The number of anilines is 3. The van der Waals surface area contributed by atoms with Crippen molar-refractivity contribution in [1.29, 1.82) is 0 Å². The second kappa shape index (κ2) is 5.70. The van der Waals surface area contributed by atoms with Crippen LogP contribution in [0.4, 0.5) is 17.6 Å². The fourth-order valence-electron chi connectivity index (χ4n) is 2.11. The van der Waals surface area contributed by atoms with Crippen molar-refractivity contribution < 1.29 is 4.79 Å². The van der Waals surface area contributed by atoms with Crippen LogP contribution in [0.2, 0.25) is 0 Å². The van der Waals surface area contributed by atoms with E-state index < -0.39 is 0 Å². The number of nitrogens with two attached hydrogens (primary N) is 2. The smallest absolute Gasteiger partial charge is 0.244 e. The van der Waals surface area contributed by atoms with Crippen LogP contribution in [0.25, 0.3) is 0 Å². The molecule has 8 heteroatoms. The number of nitrogens with one attached hydrogen (secondary N) is 2. The first-order valence-electron chi connectivity index (χ1n) is 6.26. The highest BCUT2D eigenvalue weighted by molar-refractivity contribution is 5.84. The van der Waals surface area contributed by atoms with E-state index in [2.05, 4.69) is 20.7 Å². The first-order chi connectivity index (χ1) is 9.10. The van der Waals surface area contributed by atoms with Crippen LogP contribution >= 0.6 is 0 Å². The van der Waals surface area contributed by atoms with Crippen LogP contribution in [0.1, 0.15) is 19.8 Å². The van der Waals surface area contributed by atoms with E-state index in [-0.39, 0.29) is 17.9 Å². The SMILES string of the molecule is CC(Nc1cc(NN)nc(N)n1)C(=O)N1CCCC1. The summed E-state index contributed by atoms with van der Waals surface area (Å²) >= 11 is 0.